The largest absolute Gasteiger partial charge is 0.369 e. The van der Waals surface area contributed by atoms with E-state index in [4.69, 9.17) is 4.74 Å². The number of rotatable bonds is 5. The topological polar surface area (TPSA) is 87.2 Å². The summed E-state index contributed by atoms with van der Waals surface area (Å²) in [6.45, 7) is 5.00. The van der Waals surface area contributed by atoms with E-state index < -0.39 is 0 Å². The molecule has 8 nitrogen and oxygen atoms in total. The van der Waals surface area contributed by atoms with Gasteiger partial charge in [0, 0.05) is 39.1 Å². The van der Waals surface area contributed by atoms with Crippen LogP contribution in [0.5, 0.6) is 0 Å². The molecule has 0 bridgehead atoms. The summed E-state index contributed by atoms with van der Waals surface area (Å²) in [5.41, 5.74) is 0. The highest BCUT2D eigenvalue weighted by atomic mass is 16.5. The third-order valence-corrected chi connectivity index (χ3v) is 5.76. The maximum absolute atomic E-state index is 12.4. The van der Waals surface area contributed by atoms with Crippen molar-refractivity contribution < 1.29 is 23.9 Å². The molecule has 0 aliphatic carbocycles. The van der Waals surface area contributed by atoms with E-state index in [1.807, 2.05) is 18.7 Å². The van der Waals surface area contributed by atoms with Crippen molar-refractivity contribution in [1.29, 1.82) is 0 Å². The quantitative estimate of drug-likeness (QED) is 0.506. The molecule has 0 radical (unpaired) electrons. The molecule has 3 fully saturated rings. The maximum Gasteiger partial charge on any atom is 0.254 e. The Bertz CT molecular complexity index is 596. The number of methoxy groups -OCH3 is 1. The van der Waals surface area contributed by atoms with Crippen LogP contribution < -0.4 is 0 Å². The van der Waals surface area contributed by atoms with E-state index in [9.17, 15) is 19.2 Å². The average Bonchev–Trinajstić information content (AvgIpc) is 2.91. The molecule has 0 N–H and O–H groups in total. The van der Waals surface area contributed by atoms with Crippen molar-refractivity contribution in [2.24, 2.45) is 5.92 Å². The van der Waals surface area contributed by atoms with Crippen LogP contribution in [-0.2, 0) is 23.9 Å². The van der Waals surface area contributed by atoms with Crippen molar-refractivity contribution in [3.8, 4) is 0 Å². The number of β-lactam (4-membered cyclic amide) rings is 1. The summed E-state index contributed by atoms with van der Waals surface area (Å²) in [5.74, 6) is -0.375. The zero-order chi connectivity index (χ0) is 19.0. The number of hydrogen-bond acceptors (Lipinski definition) is 5. The first-order valence-corrected chi connectivity index (χ1v) is 9.31. The minimum atomic E-state index is -0.385. The molecule has 8 heteroatoms. The number of piperidine rings is 1. The van der Waals surface area contributed by atoms with Crippen LogP contribution in [0, 0.1) is 5.92 Å². The van der Waals surface area contributed by atoms with E-state index in [0.717, 1.165) is 17.7 Å². The van der Waals surface area contributed by atoms with Crippen LogP contribution in [-0.4, -0.2) is 83.3 Å². The number of likely N-dealkylation sites (tertiary alicyclic amines) is 3. The number of hydrogen-bond donors (Lipinski definition) is 0. The van der Waals surface area contributed by atoms with E-state index in [1.165, 1.54) is 0 Å². The average molecular weight is 365 g/mol. The molecule has 0 saturated carbocycles. The first kappa shape index (κ1) is 18.8. The Morgan fingerprint density at radius 3 is 2.19 bits per heavy atom. The molecule has 0 spiro atoms. The first-order chi connectivity index (χ1) is 12.3. The van der Waals surface area contributed by atoms with Gasteiger partial charge >= 0.3 is 0 Å². The number of carbonyl (C=O) groups is 4. The SMILES string of the molecule is CO[C@H]1C(=O)N(C(C)C)[C@H]1C1CCN(C(=O)CN2C(=O)CCC2=O)CC1. The summed E-state index contributed by atoms with van der Waals surface area (Å²) in [6, 6.07) is 0.192. The van der Waals surface area contributed by atoms with E-state index in [1.54, 1.807) is 12.0 Å². The zero-order valence-corrected chi connectivity index (χ0v) is 15.6. The van der Waals surface area contributed by atoms with Gasteiger partial charge in [-0.25, -0.2) is 0 Å². The van der Waals surface area contributed by atoms with Crippen molar-refractivity contribution in [3.05, 3.63) is 0 Å². The fourth-order valence-electron chi connectivity index (χ4n) is 4.34. The highest BCUT2D eigenvalue weighted by molar-refractivity contribution is 6.04. The Kier molecular flexibility index (Phi) is 5.32. The van der Waals surface area contributed by atoms with Crippen molar-refractivity contribution in [2.45, 2.75) is 57.7 Å². The molecule has 3 rings (SSSR count). The highest BCUT2D eigenvalue weighted by Gasteiger charge is 2.52. The van der Waals surface area contributed by atoms with Gasteiger partial charge in [-0.2, -0.15) is 0 Å². The van der Waals surface area contributed by atoms with Crippen molar-refractivity contribution >= 4 is 23.6 Å². The van der Waals surface area contributed by atoms with Crippen LogP contribution in [0.1, 0.15) is 39.5 Å². The molecule has 144 valence electrons. The summed E-state index contributed by atoms with van der Waals surface area (Å²) in [5, 5.41) is 0. The fraction of sp³-hybridized carbons (Fsp3) is 0.778. The molecule has 0 unspecified atom stereocenters. The van der Waals surface area contributed by atoms with Crippen molar-refractivity contribution in [1.82, 2.24) is 14.7 Å². The Morgan fingerprint density at radius 1 is 1.12 bits per heavy atom. The predicted octanol–water partition coefficient (Wildman–Crippen LogP) is 0.00820. The minimum Gasteiger partial charge on any atom is -0.369 e. The van der Waals surface area contributed by atoms with Gasteiger partial charge in [0.2, 0.25) is 17.7 Å². The molecule has 0 aromatic carbocycles. The van der Waals surface area contributed by atoms with Gasteiger partial charge in [0.05, 0.1) is 6.04 Å². The highest BCUT2D eigenvalue weighted by Crippen LogP contribution is 2.36. The molecule has 0 aromatic rings. The molecule has 26 heavy (non-hydrogen) atoms. The summed E-state index contributed by atoms with van der Waals surface area (Å²) in [6.07, 6.45) is 1.59. The summed E-state index contributed by atoms with van der Waals surface area (Å²) in [4.78, 5) is 52.6. The van der Waals surface area contributed by atoms with Gasteiger partial charge in [0.1, 0.15) is 6.54 Å². The van der Waals surface area contributed by atoms with Gasteiger partial charge in [-0.1, -0.05) is 0 Å². The molecule has 2 atom stereocenters. The molecule has 3 aliphatic rings. The Labute approximate surface area is 153 Å². The van der Waals surface area contributed by atoms with Gasteiger partial charge in [0.15, 0.2) is 6.10 Å². The van der Waals surface area contributed by atoms with Crippen molar-refractivity contribution in [3.63, 3.8) is 0 Å². The number of imide groups is 1. The van der Waals surface area contributed by atoms with Gasteiger partial charge in [-0.05, 0) is 32.6 Å². The lowest BCUT2D eigenvalue weighted by atomic mass is 9.79. The fourth-order valence-corrected chi connectivity index (χ4v) is 4.34. The maximum atomic E-state index is 12.4. The van der Waals surface area contributed by atoms with E-state index >= 15 is 0 Å². The smallest absolute Gasteiger partial charge is 0.254 e. The second kappa shape index (κ2) is 7.34. The van der Waals surface area contributed by atoms with Crippen LogP contribution in [0.4, 0.5) is 0 Å². The second-order valence-electron chi connectivity index (χ2n) is 7.58. The van der Waals surface area contributed by atoms with E-state index in [-0.39, 0.29) is 61.2 Å². The Hall–Kier alpha value is -1.96. The third kappa shape index (κ3) is 3.22. The van der Waals surface area contributed by atoms with Gasteiger partial charge < -0.3 is 14.5 Å². The molecule has 3 heterocycles. The summed E-state index contributed by atoms with van der Waals surface area (Å²) < 4.78 is 5.38. The standard InChI is InChI=1S/C18H27N3O5/c1-11(2)21-16(17(26-3)18(21)25)12-6-8-19(9-7-12)15(24)10-20-13(22)4-5-14(20)23/h11-12,16-17H,4-10H2,1-3H3/t16-,17+/m0/s1. The number of nitrogens with zero attached hydrogens (tertiary/aromatic N) is 3. The van der Waals surface area contributed by atoms with Crippen LogP contribution in [0.2, 0.25) is 0 Å². The Morgan fingerprint density at radius 2 is 1.69 bits per heavy atom. The normalized spacial score (nSPS) is 27.5. The monoisotopic (exact) mass is 365 g/mol. The molecule has 3 aliphatic heterocycles. The lowest BCUT2D eigenvalue weighted by molar-refractivity contribution is -0.182. The predicted molar refractivity (Wildman–Crippen MR) is 91.8 cm³/mol. The summed E-state index contributed by atoms with van der Waals surface area (Å²) >= 11 is 0. The van der Waals surface area contributed by atoms with E-state index in [2.05, 4.69) is 0 Å². The Balaban J connectivity index is 1.55. The van der Waals surface area contributed by atoms with Crippen LogP contribution in [0.15, 0.2) is 0 Å². The molecule has 4 amide bonds. The molecule has 3 saturated heterocycles. The third-order valence-electron chi connectivity index (χ3n) is 5.76. The molecular formula is C18H27N3O5. The minimum absolute atomic E-state index is 0.0389. The van der Waals surface area contributed by atoms with Gasteiger partial charge in [-0.3, -0.25) is 24.1 Å². The zero-order valence-electron chi connectivity index (χ0n) is 15.6. The second-order valence-corrected chi connectivity index (χ2v) is 7.58. The molecular weight excluding hydrogens is 338 g/mol. The van der Waals surface area contributed by atoms with E-state index in [0.29, 0.717) is 19.0 Å². The van der Waals surface area contributed by atoms with Crippen LogP contribution >= 0.6 is 0 Å². The lowest BCUT2D eigenvalue weighted by Crippen LogP contribution is -2.70. The number of ether oxygens (including phenoxy) is 1. The number of carbonyl (C=O) groups excluding carboxylic acids is 4. The van der Waals surface area contributed by atoms with Crippen LogP contribution in [0.3, 0.4) is 0 Å². The first-order valence-electron chi connectivity index (χ1n) is 9.31. The molecule has 0 aromatic heterocycles. The van der Waals surface area contributed by atoms with Crippen molar-refractivity contribution in [2.75, 3.05) is 26.7 Å². The van der Waals surface area contributed by atoms with Gasteiger partial charge in [0.25, 0.3) is 5.91 Å². The number of amides is 4. The lowest BCUT2D eigenvalue weighted by Gasteiger charge is -2.53. The van der Waals surface area contributed by atoms with Crippen LogP contribution in [0.25, 0.3) is 0 Å². The van der Waals surface area contributed by atoms with Gasteiger partial charge in [-0.15, -0.1) is 0 Å². The summed E-state index contributed by atoms with van der Waals surface area (Å²) in [7, 11) is 1.57.